The van der Waals surface area contributed by atoms with E-state index in [4.69, 9.17) is 0 Å². The van der Waals surface area contributed by atoms with E-state index in [0.29, 0.717) is 0 Å². The molecule has 0 aliphatic heterocycles. The van der Waals surface area contributed by atoms with E-state index in [-0.39, 0.29) is 33.1 Å². The maximum atomic E-state index is 11.5. The van der Waals surface area contributed by atoms with Gasteiger partial charge in [0.25, 0.3) is 0 Å². The Hall–Kier alpha value is -4.10. The first kappa shape index (κ1) is 26.9. The van der Waals surface area contributed by atoms with Crippen LogP contribution in [0.2, 0.25) is 0 Å². The first-order chi connectivity index (χ1) is 14.8. The molecule has 3 amide bonds. The van der Waals surface area contributed by atoms with Crippen molar-refractivity contribution in [2.75, 3.05) is 46.2 Å². The van der Waals surface area contributed by atoms with Crippen molar-refractivity contribution in [3.8, 4) is 0 Å². The van der Waals surface area contributed by atoms with Gasteiger partial charge in [0, 0.05) is 12.2 Å². The molecule has 0 aliphatic rings. The third-order valence-electron chi connectivity index (χ3n) is 2.71. The van der Waals surface area contributed by atoms with Gasteiger partial charge in [-0.3, -0.25) is 4.79 Å². The lowest BCUT2D eigenvalue weighted by atomic mass is 10.4. The number of ether oxygens (including phenoxy) is 5. The molecule has 14 heteroatoms. The van der Waals surface area contributed by atoms with Crippen molar-refractivity contribution < 1.29 is 52.5 Å². The molecule has 0 saturated carbocycles. The number of hydrogen-bond donors (Lipinski definition) is 3. The number of ketones is 1. The van der Waals surface area contributed by atoms with Gasteiger partial charge in [-0.15, -0.1) is 0 Å². The summed E-state index contributed by atoms with van der Waals surface area (Å²) < 4.78 is 23.0. The Labute approximate surface area is 176 Å². The second-order valence-electron chi connectivity index (χ2n) is 5.01. The van der Waals surface area contributed by atoms with Crippen LogP contribution in [-0.4, -0.2) is 82.2 Å². The third kappa shape index (κ3) is 16.5. The van der Waals surface area contributed by atoms with Crippen molar-refractivity contribution >= 4 is 36.0 Å². The fourth-order valence-corrected chi connectivity index (χ4v) is 1.38. The lowest BCUT2D eigenvalue weighted by Gasteiger charge is -2.09. The van der Waals surface area contributed by atoms with E-state index in [0.717, 1.165) is 12.2 Å². The SMILES string of the molecule is C=CC(=O)OCCOC(=O)NCNC(=O)OCC(=O)CNC(=O)OCCOC(=O)C=C. The van der Waals surface area contributed by atoms with Crippen LogP contribution >= 0.6 is 0 Å². The fourth-order valence-electron chi connectivity index (χ4n) is 1.38. The monoisotopic (exact) mass is 445 g/mol. The van der Waals surface area contributed by atoms with Crippen molar-refractivity contribution in [3.05, 3.63) is 25.3 Å². The van der Waals surface area contributed by atoms with Crippen molar-refractivity contribution in [1.82, 2.24) is 16.0 Å². The van der Waals surface area contributed by atoms with Crippen LogP contribution in [0.4, 0.5) is 14.4 Å². The van der Waals surface area contributed by atoms with Crippen LogP contribution in [0, 0.1) is 0 Å². The molecule has 0 aliphatic carbocycles. The second-order valence-corrected chi connectivity index (χ2v) is 5.01. The molecular weight excluding hydrogens is 422 g/mol. The molecule has 3 N–H and O–H groups in total. The van der Waals surface area contributed by atoms with E-state index in [9.17, 15) is 28.8 Å². The van der Waals surface area contributed by atoms with Gasteiger partial charge in [-0.1, -0.05) is 13.2 Å². The molecule has 0 spiro atoms. The first-order valence-corrected chi connectivity index (χ1v) is 8.60. The zero-order valence-corrected chi connectivity index (χ0v) is 16.5. The normalized spacial score (nSPS) is 9.29. The predicted molar refractivity (Wildman–Crippen MR) is 101 cm³/mol. The maximum absolute atomic E-state index is 11.5. The van der Waals surface area contributed by atoms with Gasteiger partial charge >= 0.3 is 30.2 Å². The summed E-state index contributed by atoms with van der Waals surface area (Å²) in [7, 11) is 0. The van der Waals surface area contributed by atoms with Gasteiger partial charge in [0.05, 0.1) is 13.2 Å². The van der Waals surface area contributed by atoms with Gasteiger partial charge in [-0.05, 0) is 0 Å². The van der Waals surface area contributed by atoms with Crippen molar-refractivity contribution in [2.24, 2.45) is 0 Å². The fraction of sp³-hybridized carbons (Fsp3) is 0.412. The Morgan fingerprint density at radius 3 is 1.52 bits per heavy atom. The first-order valence-electron chi connectivity index (χ1n) is 8.60. The number of carbonyl (C=O) groups is 6. The lowest BCUT2D eigenvalue weighted by molar-refractivity contribution is -0.139. The lowest BCUT2D eigenvalue weighted by Crippen LogP contribution is -2.39. The summed E-state index contributed by atoms with van der Waals surface area (Å²) >= 11 is 0. The molecule has 0 aromatic heterocycles. The number of alkyl carbamates (subject to hydrolysis) is 3. The highest BCUT2D eigenvalue weighted by atomic mass is 16.6. The number of nitrogens with one attached hydrogen (secondary N) is 3. The minimum atomic E-state index is -1.01. The van der Waals surface area contributed by atoms with Crippen LogP contribution in [0.25, 0.3) is 0 Å². The number of rotatable bonds is 14. The van der Waals surface area contributed by atoms with Gasteiger partial charge in [0.2, 0.25) is 0 Å². The van der Waals surface area contributed by atoms with Gasteiger partial charge in [-0.2, -0.15) is 0 Å². The third-order valence-corrected chi connectivity index (χ3v) is 2.71. The van der Waals surface area contributed by atoms with E-state index in [1.54, 1.807) is 0 Å². The Morgan fingerprint density at radius 2 is 1.03 bits per heavy atom. The predicted octanol–water partition coefficient (Wildman–Crippen LogP) is -0.850. The van der Waals surface area contributed by atoms with E-state index in [1.807, 2.05) is 0 Å². The quantitative estimate of drug-likeness (QED) is 0.0994. The number of carbonyl (C=O) groups excluding carboxylic acids is 6. The molecule has 31 heavy (non-hydrogen) atoms. The van der Waals surface area contributed by atoms with Crippen LogP contribution in [0.1, 0.15) is 0 Å². The highest BCUT2D eigenvalue weighted by Gasteiger charge is 2.10. The van der Waals surface area contributed by atoms with Crippen LogP contribution < -0.4 is 16.0 Å². The number of amides is 3. The Kier molecular flexibility index (Phi) is 14.6. The molecule has 0 aromatic carbocycles. The van der Waals surface area contributed by atoms with Gasteiger partial charge in [0.15, 0.2) is 12.4 Å². The number of esters is 2. The minimum absolute atomic E-state index is 0.166. The molecular formula is C17H23N3O11. The van der Waals surface area contributed by atoms with E-state index >= 15 is 0 Å². The highest BCUT2D eigenvalue weighted by Crippen LogP contribution is 1.85. The molecule has 172 valence electrons. The Balaban J connectivity index is 3.72. The van der Waals surface area contributed by atoms with Gasteiger partial charge in [-0.25, -0.2) is 24.0 Å². The minimum Gasteiger partial charge on any atom is -0.459 e. The summed E-state index contributed by atoms with van der Waals surface area (Å²) in [5, 5.41) is 6.37. The van der Waals surface area contributed by atoms with Crippen LogP contribution in [-0.2, 0) is 38.1 Å². The summed E-state index contributed by atoms with van der Waals surface area (Å²) in [6.45, 7) is 4.10. The molecule has 14 nitrogen and oxygen atoms in total. The molecule has 0 saturated heterocycles. The Morgan fingerprint density at radius 1 is 0.613 bits per heavy atom. The molecule has 0 unspecified atom stereocenters. The molecule has 0 atom stereocenters. The summed E-state index contributed by atoms with van der Waals surface area (Å²) in [6, 6.07) is 0. The summed E-state index contributed by atoms with van der Waals surface area (Å²) in [5.41, 5.74) is 0. The van der Waals surface area contributed by atoms with Crippen LogP contribution in [0.3, 0.4) is 0 Å². The smallest absolute Gasteiger partial charge is 0.408 e. The van der Waals surface area contributed by atoms with Crippen LogP contribution in [0.15, 0.2) is 25.3 Å². The summed E-state index contributed by atoms with van der Waals surface area (Å²) in [4.78, 5) is 67.0. The molecule has 0 fully saturated rings. The summed E-state index contributed by atoms with van der Waals surface area (Å²) in [5.74, 6) is -1.98. The zero-order chi connectivity index (χ0) is 23.5. The standard InChI is InChI=1S/C17H23N3O11/c1-3-13(22)27-5-7-29-15(24)18-9-12(21)10-31-17(26)20-11-19-16(25)30-8-6-28-14(23)4-2/h3-4H,1-2,5-11H2,(H,18,24)(H,19,25)(H,20,26). The average molecular weight is 445 g/mol. The van der Waals surface area contributed by atoms with E-state index in [2.05, 4.69) is 52.8 Å². The van der Waals surface area contributed by atoms with Gasteiger partial charge < -0.3 is 39.6 Å². The van der Waals surface area contributed by atoms with Crippen molar-refractivity contribution in [2.45, 2.75) is 0 Å². The highest BCUT2D eigenvalue weighted by molar-refractivity contribution is 5.86. The maximum Gasteiger partial charge on any atom is 0.408 e. The van der Waals surface area contributed by atoms with E-state index < -0.39 is 49.2 Å². The molecule has 0 radical (unpaired) electrons. The topological polar surface area (TPSA) is 185 Å². The van der Waals surface area contributed by atoms with Crippen LogP contribution in [0.5, 0.6) is 0 Å². The molecule has 0 heterocycles. The molecule has 0 rings (SSSR count). The number of hydrogen-bond acceptors (Lipinski definition) is 11. The zero-order valence-electron chi connectivity index (χ0n) is 16.5. The average Bonchev–Trinajstić information content (AvgIpc) is 2.76. The largest absolute Gasteiger partial charge is 0.459 e. The van der Waals surface area contributed by atoms with Crippen molar-refractivity contribution in [1.29, 1.82) is 0 Å². The Bertz CT molecular complexity index is 678. The number of Topliss-reactive ketones (excluding diaryl/α,β-unsaturated/α-hetero) is 1. The van der Waals surface area contributed by atoms with Gasteiger partial charge in [0.1, 0.15) is 26.4 Å². The molecule has 0 aromatic rings. The molecule has 0 bridgehead atoms. The van der Waals surface area contributed by atoms with Crippen molar-refractivity contribution in [3.63, 3.8) is 0 Å². The summed E-state index contributed by atoms with van der Waals surface area (Å²) in [6.07, 6.45) is -0.944. The van der Waals surface area contributed by atoms with E-state index in [1.165, 1.54) is 0 Å². The second kappa shape index (κ2) is 16.8.